The highest BCUT2D eigenvalue weighted by Crippen LogP contribution is 2.32. The maximum atomic E-state index is 11.9. The quantitative estimate of drug-likeness (QED) is 0.684. The van der Waals surface area contributed by atoms with Crippen molar-refractivity contribution in [3.63, 3.8) is 0 Å². The molecule has 5 nitrogen and oxygen atoms in total. The first-order valence-electron chi connectivity index (χ1n) is 7.13. The molecule has 0 atom stereocenters. The second kappa shape index (κ2) is 6.89. The van der Waals surface area contributed by atoms with E-state index in [1.165, 1.54) is 0 Å². The van der Waals surface area contributed by atoms with E-state index < -0.39 is 11.5 Å². The molecule has 1 aliphatic rings. The molecular weight excluding hydrogens is 244 g/mol. The number of nitrogens with one attached hydrogen (secondary N) is 2. The highest BCUT2D eigenvalue weighted by molar-refractivity contribution is 5.87. The summed E-state index contributed by atoms with van der Waals surface area (Å²) in [5, 5.41) is 15.3. The molecule has 110 valence electrons. The molecule has 5 heteroatoms. The first-order valence-corrected chi connectivity index (χ1v) is 7.13. The monoisotopic (exact) mass is 270 g/mol. The van der Waals surface area contributed by atoms with Crippen LogP contribution in [0, 0.1) is 5.92 Å². The van der Waals surface area contributed by atoms with Crippen LogP contribution in [-0.4, -0.2) is 35.1 Å². The maximum Gasteiger partial charge on any atom is 0.329 e. The van der Waals surface area contributed by atoms with Gasteiger partial charge in [-0.3, -0.25) is 4.79 Å². The number of hydrogen-bond donors (Lipinski definition) is 3. The van der Waals surface area contributed by atoms with Gasteiger partial charge in [-0.1, -0.05) is 20.8 Å². The Morgan fingerprint density at radius 3 is 2.37 bits per heavy atom. The number of hydrogen-bond acceptors (Lipinski definition) is 3. The van der Waals surface area contributed by atoms with Crippen molar-refractivity contribution in [2.24, 2.45) is 5.92 Å². The highest BCUT2D eigenvalue weighted by Gasteiger charge is 2.42. The number of carboxylic acid groups (broad SMARTS) is 1. The van der Waals surface area contributed by atoms with Gasteiger partial charge in [0.15, 0.2) is 0 Å². The van der Waals surface area contributed by atoms with E-state index in [1.54, 1.807) is 0 Å². The van der Waals surface area contributed by atoms with Crippen LogP contribution >= 0.6 is 0 Å². The molecule has 19 heavy (non-hydrogen) atoms. The molecule has 0 radical (unpaired) electrons. The molecule has 0 unspecified atom stereocenters. The normalized spacial score (nSPS) is 27.3. The summed E-state index contributed by atoms with van der Waals surface area (Å²) < 4.78 is 0. The fraction of sp³-hybridized carbons (Fsp3) is 0.857. The lowest BCUT2D eigenvalue weighted by Gasteiger charge is -2.36. The first-order chi connectivity index (χ1) is 8.85. The predicted molar refractivity (Wildman–Crippen MR) is 73.9 cm³/mol. The largest absolute Gasteiger partial charge is 0.480 e. The third kappa shape index (κ3) is 4.82. The number of carboxylic acids is 1. The topological polar surface area (TPSA) is 78.4 Å². The average Bonchev–Trinajstić information content (AvgIpc) is 2.31. The summed E-state index contributed by atoms with van der Waals surface area (Å²) in [5.41, 5.74) is -1.04. The van der Waals surface area contributed by atoms with Gasteiger partial charge in [0.05, 0.1) is 0 Å². The molecular formula is C14H26N2O3. The Morgan fingerprint density at radius 2 is 1.89 bits per heavy atom. The lowest BCUT2D eigenvalue weighted by Crippen LogP contribution is -2.56. The third-order valence-corrected chi connectivity index (χ3v) is 3.82. The highest BCUT2D eigenvalue weighted by atomic mass is 16.4. The smallest absolute Gasteiger partial charge is 0.329 e. The standard InChI is InChI=1S/C14H26N2O3/c1-10(2)15-9-6-12(17)16-14(13(18)19)7-4-11(3)5-8-14/h10-11,15H,4-9H2,1-3H3,(H,16,17)(H,18,19). The molecule has 1 aliphatic carbocycles. The van der Waals surface area contributed by atoms with Crippen LogP contribution in [0.5, 0.6) is 0 Å². The van der Waals surface area contributed by atoms with E-state index in [1.807, 2.05) is 13.8 Å². The van der Waals surface area contributed by atoms with Crippen LogP contribution in [0.15, 0.2) is 0 Å². The molecule has 1 saturated carbocycles. The third-order valence-electron chi connectivity index (χ3n) is 3.82. The average molecular weight is 270 g/mol. The second-order valence-corrected chi connectivity index (χ2v) is 5.98. The molecule has 1 fully saturated rings. The SMILES string of the molecule is CC1CCC(NC(=O)CCNC(C)C)(C(=O)O)CC1. The lowest BCUT2D eigenvalue weighted by molar-refractivity contribution is -0.149. The van der Waals surface area contributed by atoms with Crippen molar-refractivity contribution in [3.8, 4) is 0 Å². The van der Waals surface area contributed by atoms with E-state index in [9.17, 15) is 14.7 Å². The minimum Gasteiger partial charge on any atom is -0.480 e. The van der Waals surface area contributed by atoms with Crippen LogP contribution in [-0.2, 0) is 9.59 Å². The maximum absolute atomic E-state index is 11.9. The van der Waals surface area contributed by atoms with Crippen LogP contribution in [0.2, 0.25) is 0 Å². The van der Waals surface area contributed by atoms with Gasteiger partial charge in [0.25, 0.3) is 0 Å². The summed E-state index contributed by atoms with van der Waals surface area (Å²) in [6, 6.07) is 0.330. The van der Waals surface area contributed by atoms with Crippen LogP contribution in [0.25, 0.3) is 0 Å². The Kier molecular flexibility index (Phi) is 5.79. The number of amides is 1. The van der Waals surface area contributed by atoms with Crippen molar-refractivity contribution in [3.05, 3.63) is 0 Å². The van der Waals surface area contributed by atoms with E-state index in [2.05, 4.69) is 17.6 Å². The van der Waals surface area contributed by atoms with Crippen LogP contribution in [0.4, 0.5) is 0 Å². The molecule has 0 saturated heterocycles. The van der Waals surface area contributed by atoms with Crippen molar-refractivity contribution >= 4 is 11.9 Å². The molecule has 0 aromatic rings. The summed E-state index contributed by atoms with van der Waals surface area (Å²) in [6.07, 6.45) is 3.11. The van der Waals surface area contributed by atoms with Gasteiger partial charge in [-0.25, -0.2) is 4.79 Å². The van der Waals surface area contributed by atoms with Gasteiger partial charge in [0.2, 0.25) is 5.91 Å². The molecule has 0 aromatic carbocycles. The summed E-state index contributed by atoms with van der Waals surface area (Å²) in [5.74, 6) is -0.526. The Bertz CT molecular complexity index is 321. The molecule has 0 aliphatic heterocycles. The van der Waals surface area contributed by atoms with Gasteiger partial charge in [-0.2, -0.15) is 0 Å². The van der Waals surface area contributed by atoms with Gasteiger partial charge < -0.3 is 15.7 Å². The van der Waals surface area contributed by atoms with Gasteiger partial charge >= 0.3 is 5.97 Å². The fourth-order valence-corrected chi connectivity index (χ4v) is 2.45. The Labute approximate surface area is 115 Å². The van der Waals surface area contributed by atoms with Gasteiger partial charge in [-0.05, 0) is 31.6 Å². The predicted octanol–water partition coefficient (Wildman–Crippen LogP) is 1.52. The zero-order valence-corrected chi connectivity index (χ0v) is 12.2. The fourth-order valence-electron chi connectivity index (χ4n) is 2.45. The molecule has 0 aromatic heterocycles. The summed E-state index contributed by atoms with van der Waals surface area (Å²) in [6.45, 7) is 6.73. The molecule has 3 N–H and O–H groups in total. The molecule has 0 heterocycles. The van der Waals surface area contributed by atoms with Crippen molar-refractivity contribution in [1.29, 1.82) is 0 Å². The summed E-state index contributed by atoms with van der Waals surface area (Å²) in [4.78, 5) is 23.3. The molecule has 1 rings (SSSR count). The van der Waals surface area contributed by atoms with Gasteiger partial charge in [-0.15, -0.1) is 0 Å². The number of carbonyl (C=O) groups is 2. The van der Waals surface area contributed by atoms with Crippen LogP contribution < -0.4 is 10.6 Å². The zero-order chi connectivity index (χ0) is 14.5. The number of rotatable bonds is 6. The van der Waals surface area contributed by atoms with Crippen molar-refractivity contribution < 1.29 is 14.7 Å². The summed E-state index contributed by atoms with van der Waals surface area (Å²) in [7, 11) is 0. The molecule has 0 bridgehead atoms. The van der Waals surface area contributed by atoms with E-state index in [4.69, 9.17) is 0 Å². The zero-order valence-electron chi connectivity index (χ0n) is 12.2. The van der Waals surface area contributed by atoms with E-state index >= 15 is 0 Å². The van der Waals surface area contributed by atoms with E-state index in [-0.39, 0.29) is 5.91 Å². The number of carbonyl (C=O) groups excluding carboxylic acids is 1. The lowest BCUT2D eigenvalue weighted by atomic mass is 9.77. The summed E-state index contributed by atoms with van der Waals surface area (Å²) >= 11 is 0. The van der Waals surface area contributed by atoms with E-state index in [0.717, 1.165) is 12.8 Å². The van der Waals surface area contributed by atoms with Crippen LogP contribution in [0.3, 0.4) is 0 Å². The Hall–Kier alpha value is -1.10. The van der Waals surface area contributed by atoms with Crippen molar-refractivity contribution in [2.45, 2.75) is 64.5 Å². The van der Waals surface area contributed by atoms with Crippen molar-refractivity contribution in [2.75, 3.05) is 6.54 Å². The van der Waals surface area contributed by atoms with Crippen molar-refractivity contribution in [1.82, 2.24) is 10.6 Å². The first kappa shape index (κ1) is 16.0. The minimum absolute atomic E-state index is 0.176. The Morgan fingerprint density at radius 1 is 1.32 bits per heavy atom. The van der Waals surface area contributed by atoms with Gasteiger partial charge in [0, 0.05) is 19.0 Å². The van der Waals surface area contributed by atoms with Crippen LogP contribution in [0.1, 0.15) is 52.9 Å². The van der Waals surface area contributed by atoms with E-state index in [0.29, 0.717) is 37.8 Å². The number of aliphatic carboxylic acids is 1. The second-order valence-electron chi connectivity index (χ2n) is 5.98. The Balaban J connectivity index is 2.50. The molecule has 1 amide bonds. The van der Waals surface area contributed by atoms with Gasteiger partial charge in [0.1, 0.15) is 5.54 Å². The molecule has 0 spiro atoms. The minimum atomic E-state index is -1.04.